The fourth-order valence-electron chi connectivity index (χ4n) is 2.47. The molecule has 0 bridgehead atoms. The van der Waals surface area contributed by atoms with Crippen molar-refractivity contribution in [2.75, 3.05) is 0 Å². The molecule has 4 aromatic rings. The number of hydrogen-bond donors (Lipinski definition) is 1. The van der Waals surface area contributed by atoms with Crippen molar-refractivity contribution in [1.82, 2.24) is 9.97 Å². The Hall–Kier alpha value is -3.21. The number of para-hydroxylation sites is 1. The van der Waals surface area contributed by atoms with E-state index in [0.717, 1.165) is 0 Å². The summed E-state index contributed by atoms with van der Waals surface area (Å²) in [5.41, 5.74) is 0.989. The summed E-state index contributed by atoms with van der Waals surface area (Å²) >= 11 is 0. The molecule has 0 unspecified atom stereocenters. The van der Waals surface area contributed by atoms with Gasteiger partial charge >= 0.3 is 0 Å². The van der Waals surface area contributed by atoms with Crippen LogP contribution in [-0.2, 0) is 0 Å². The second-order valence-corrected chi connectivity index (χ2v) is 5.11. The van der Waals surface area contributed by atoms with Crippen LogP contribution in [-0.4, -0.2) is 9.97 Å². The normalized spacial score (nSPS) is 11.0. The number of benzene rings is 2. The summed E-state index contributed by atoms with van der Waals surface area (Å²) in [6.07, 6.45) is 0. The van der Waals surface area contributed by atoms with Crippen LogP contribution in [0.25, 0.3) is 33.8 Å². The van der Waals surface area contributed by atoms with Gasteiger partial charge in [-0.15, -0.1) is 0 Å². The lowest BCUT2D eigenvalue weighted by atomic mass is 10.2. The monoisotopic (exact) mass is 306 g/mol. The third kappa shape index (κ3) is 2.42. The maximum atomic E-state index is 13.3. The third-order valence-electron chi connectivity index (χ3n) is 3.56. The van der Waals surface area contributed by atoms with Crippen LogP contribution < -0.4 is 5.56 Å². The Labute approximate surface area is 130 Å². The van der Waals surface area contributed by atoms with Crippen LogP contribution in [0.3, 0.4) is 0 Å². The van der Waals surface area contributed by atoms with E-state index in [4.69, 9.17) is 4.42 Å². The number of hydrogen-bond acceptors (Lipinski definition) is 3. The number of nitrogens with zero attached hydrogens (tertiary/aromatic N) is 1. The van der Waals surface area contributed by atoms with Crippen LogP contribution in [0.1, 0.15) is 0 Å². The van der Waals surface area contributed by atoms with Gasteiger partial charge in [-0.3, -0.25) is 4.79 Å². The van der Waals surface area contributed by atoms with Gasteiger partial charge in [0.15, 0.2) is 11.6 Å². The van der Waals surface area contributed by atoms with E-state index >= 15 is 0 Å². The number of aromatic nitrogens is 2. The van der Waals surface area contributed by atoms with E-state index in [1.54, 1.807) is 42.5 Å². The molecule has 4 rings (SSSR count). The van der Waals surface area contributed by atoms with Gasteiger partial charge in [0.25, 0.3) is 5.56 Å². The minimum atomic E-state index is -0.335. The zero-order valence-electron chi connectivity index (χ0n) is 11.9. The highest BCUT2D eigenvalue weighted by atomic mass is 19.1. The first-order valence-corrected chi connectivity index (χ1v) is 7.06. The molecule has 0 amide bonds. The van der Waals surface area contributed by atoms with Gasteiger partial charge in [-0.1, -0.05) is 24.3 Å². The molecule has 0 fully saturated rings. The number of furan rings is 1. The Kier molecular flexibility index (Phi) is 3.05. The minimum Gasteiger partial charge on any atom is -0.453 e. The molecular weight excluding hydrogens is 295 g/mol. The van der Waals surface area contributed by atoms with Crippen LogP contribution in [0.4, 0.5) is 4.39 Å². The molecule has 0 saturated carbocycles. The largest absolute Gasteiger partial charge is 0.453 e. The summed E-state index contributed by atoms with van der Waals surface area (Å²) in [6, 6.07) is 16.6. The van der Waals surface area contributed by atoms with Crippen molar-refractivity contribution in [3.05, 3.63) is 76.8 Å². The average molecular weight is 306 g/mol. The topological polar surface area (TPSA) is 58.9 Å². The molecule has 2 aromatic heterocycles. The Balaban J connectivity index is 1.82. The Morgan fingerprint density at radius 3 is 2.65 bits per heavy atom. The second kappa shape index (κ2) is 5.21. The van der Waals surface area contributed by atoms with E-state index in [0.29, 0.717) is 33.8 Å². The van der Waals surface area contributed by atoms with E-state index in [1.807, 2.05) is 6.07 Å². The molecule has 0 aliphatic heterocycles. The number of nitrogens with one attached hydrogen (secondary N) is 1. The van der Waals surface area contributed by atoms with Crippen molar-refractivity contribution in [2.45, 2.75) is 0 Å². The molecule has 5 heteroatoms. The van der Waals surface area contributed by atoms with Gasteiger partial charge in [0.2, 0.25) is 0 Å². The lowest BCUT2D eigenvalue weighted by molar-refractivity contribution is 0.589. The summed E-state index contributed by atoms with van der Waals surface area (Å²) in [7, 11) is 0. The third-order valence-corrected chi connectivity index (χ3v) is 3.56. The fourth-order valence-corrected chi connectivity index (χ4v) is 2.47. The van der Waals surface area contributed by atoms with Gasteiger partial charge < -0.3 is 9.40 Å². The molecule has 0 aliphatic rings. The van der Waals surface area contributed by atoms with Crippen molar-refractivity contribution in [2.24, 2.45) is 0 Å². The van der Waals surface area contributed by atoms with Crippen LogP contribution in [0.2, 0.25) is 0 Å². The lowest BCUT2D eigenvalue weighted by Crippen LogP contribution is -2.08. The van der Waals surface area contributed by atoms with Gasteiger partial charge in [0.1, 0.15) is 11.6 Å². The van der Waals surface area contributed by atoms with Gasteiger partial charge in [-0.05, 0) is 36.4 Å². The predicted molar refractivity (Wildman–Crippen MR) is 85.5 cm³/mol. The average Bonchev–Trinajstić information content (AvgIpc) is 3.05. The van der Waals surface area contributed by atoms with Crippen LogP contribution in [0.5, 0.6) is 0 Å². The van der Waals surface area contributed by atoms with E-state index in [1.165, 1.54) is 12.1 Å². The molecule has 0 saturated heterocycles. The number of fused-ring (bicyclic) bond motifs is 1. The molecule has 0 radical (unpaired) electrons. The number of halogens is 1. The zero-order valence-corrected chi connectivity index (χ0v) is 11.9. The van der Waals surface area contributed by atoms with E-state index in [2.05, 4.69) is 9.97 Å². The fraction of sp³-hybridized carbons (Fsp3) is 0. The maximum absolute atomic E-state index is 13.3. The highest BCUT2D eigenvalue weighted by Gasteiger charge is 2.11. The van der Waals surface area contributed by atoms with Crippen LogP contribution in [0, 0.1) is 5.82 Å². The Morgan fingerprint density at radius 2 is 1.78 bits per heavy atom. The summed E-state index contributed by atoms with van der Waals surface area (Å²) in [6.45, 7) is 0. The number of rotatable bonds is 2. The second-order valence-electron chi connectivity index (χ2n) is 5.11. The SMILES string of the molecule is O=c1[nH]c(-c2ccc(-c3cccc(F)c3)o2)nc2ccccc12. The molecule has 0 aliphatic carbocycles. The van der Waals surface area contributed by atoms with E-state index in [-0.39, 0.29) is 11.4 Å². The Morgan fingerprint density at radius 1 is 0.957 bits per heavy atom. The minimum absolute atomic E-state index is 0.227. The number of aromatic amines is 1. The molecule has 23 heavy (non-hydrogen) atoms. The molecule has 112 valence electrons. The first-order valence-electron chi connectivity index (χ1n) is 7.06. The zero-order chi connectivity index (χ0) is 15.8. The van der Waals surface area contributed by atoms with E-state index < -0.39 is 0 Å². The maximum Gasteiger partial charge on any atom is 0.259 e. The van der Waals surface area contributed by atoms with Gasteiger partial charge in [0.05, 0.1) is 10.9 Å². The smallest absolute Gasteiger partial charge is 0.259 e. The molecule has 0 spiro atoms. The summed E-state index contributed by atoms with van der Waals surface area (Å²) < 4.78 is 19.0. The van der Waals surface area contributed by atoms with Gasteiger partial charge in [-0.25, -0.2) is 9.37 Å². The van der Waals surface area contributed by atoms with Crippen molar-refractivity contribution >= 4 is 10.9 Å². The van der Waals surface area contributed by atoms with Crippen LogP contribution in [0.15, 0.2) is 69.9 Å². The molecule has 1 N–H and O–H groups in total. The molecule has 2 heterocycles. The summed E-state index contributed by atoms with van der Waals surface area (Å²) in [5, 5.41) is 0.521. The van der Waals surface area contributed by atoms with Crippen molar-refractivity contribution in [3.63, 3.8) is 0 Å². The molecular formula is C18H11FN2O2. The predicted octanol–water partition coefficient (Wildman–Crippen LogP) is 3.99. The van der Waals surface area contributed by atoms with Crippen molar-refractivity contribution in [3.8, 4) is 22.9 Å². The van der Waals surface area contributed by atoms with Gasteiger partial charge in [0, 0.05) is 5.56 Å². The van der Waals surface area contributed by atoms with Crippen molar-refractivity contribution in [1.29, 1.82) is 0 Å². The van der Waals surface area contributed by atoms with Crippen LogP contribution >= 0.6 is 0 Å². The first-order chi connectivity index (χ1) is 11.2. The van der Waals surface area contributed by atoms with E-state index in [9.17, 15) is 9.18 Å². The quantitative estimate of drug-likeness (QED) is 0.609. The molecule has 4 nitrogen and oxygen atoms in total. The first kappa shape index (κ1) is 13.5. The molecule has 0 atom stereocenters. The number of H-pyrrole nitrogens is 1. The highest BCUT2D eigenvalue weighted by Crippen LogP contribution is 2.27. The lowest BCUT2D eigenvalue weighted by Gasteiger charge is -2.00. The summed E-state index contributed by atoms with van der Waals surface area (Å²) in [4.78, 5) is 19.2. The highest BCUT2D eigenvalue weighted by molar-refractivity contribution is 5.79. The standard InChI is InChI=1S/C18H11FN2O2/c19-12-5-3-4-11(10-12)15-8-9-16(23-15)17-20-14-7-2-1-6-13(14)18(22)21-17/h1-10H,(H,20,21,22). The summed E-state index contributed by atoms with van der Waals surface area (Å²) in [5.74, 6) is 0.941. The van der Waals surface area contributed by atoms with Gasteiger partial charge in [-0.2, -0.15) is 0 Å². The molecule has 2 aromatic carbocycles. The van der Waals surface area contributed by atoms with Crippen molar-refractivity contribution < 1.29 is 8.81 Å². The Bertz CT molecular complexity index is 1070.